The molecule has 0 amide bonds. The molecule has 1 saturated heterocycles. The van der Waals surface area contributed by atoms with E-state index in [9.17, 15) is 8.42 Å². The summed E-state index contributed by atoms with van der Waals surface area (Å²) in [6.07, 6.45) is -0.158. The number of benzene rings is 1. The van der Waals surface area contributed by atoms with Crippen LogP contribution in [0.15, 0.2) is 23.1 Å². The maximum absolute atomic E-state index is 12.4. The van der Waals surface area contributed by atoms with Crippen LogP contribution < -0.4 is 10.0 Å². The van der Waals surface area contributed by atoms with Gasteiger partial charge in [-0.2, -0.15) is 15.0 Å². The fraction of sp³-hybridized carbons (Fsp3) is 0.500. The van der Waals surface area contributed by atoms with E-state index in [0.29, 0.717) is 24.2 Å². The summed E-state index contributed by atoms with van der Waals surface area (Å²) in [5.41, 5.74) is 0.922. The minimum absolute atomic E-state index is 0.136. The Morgan fingerprint density at radius 1 is 1.48 bits per heavy atom. The van der Waals surface area contributed by atoms with Crippen LogP contribution >= 0.6 is 0 Å². The Labute approximate surface area is 122 Å². The van der Waals surface area contributed by atoms with Gasteiger partial charge in [0, 0.05) is 26.7 Å². The SMILES string of the molecule is Cn1nc2cccc(S(=O)(=O)NC[C@@H]3CNCCO3)c2n1. The number of hydrogen-bond acceptors (Lipinski definition) is 6. The van der Waals surface area contributed by atoms with E-state index in [0.717, 1.165) is 6.54 Å². The van der Waals surface area contributed by atoms with Crippen molar-refractivity contribution in [1.82, 2.24) is 25.0 Å². The van der Waals surface area contributed by atoms with Gasteiger partial charge in [0.1, 0.15) is 15.9 Å². The zero-order valence-corrected chi connectivity index (χ0v) is 12.4. The largest absolute Gasteiger partial charge is 0.374 e. The molecule has 3 rings (SSSR count). The molecule has 1 aliphatic rings. The number of fused-ring (bicyclic) bond motifs is 1. The minimum Gasteiger partial charge on any atom is -0.374 e. The second-order valence-electron chi connectivity index (χ2n) is 4.86. The normalized spacial score (nSPS) is 20.0. The number of nitrogens with one attached hydrogen (secondary N) is 2. The van der Waals surface area contributed by atoms with Gasteiger partial charge in [0.05, 0.1) is 12.7 Å². The highest BCUT2D eigenvalue weighted by Crippen LogP contribution is 2.19. The van der Waals surface area contributed by atoms with Gasteiger partial charge in [-0.05, 0) is 12.1 Å². The van der Waals surface area contributed by atoms with Crippen LogP contribution in [0, 0.1) is 0 Å². The molecule has 0 unspecified atom stereocenters. The highest BCUT2D eigenvalue weighted by molar-refractivity contribution is 7.89. The van der Waals surface area contributed by atoms with Crippen molar-refractivity contribution < 1.29 is 13.2 Å². The first-order valence-corrected chi connectivity index (χ1v) is 8.16. The molecule has 1 fully saturated rings. The van der Waals surface area contributed by atoms with Crippen molar-refractivity contribution in [2.75, 3.05) is 26.2 Å². The zero-order valence-electron chi connectivity index (χ0n) is 11.6. The van der Waals surface area contributed by atoms with Gasteiger partial charge >= 0.3 is 0 Å². The van der Waals surface area contributed by atoms with Gasteiger partial charge in [-0.1, -0.05) is 6.07 Å². The van der Waals surface area contributed by atoms with Crippen molar-refractivity contribution in [3.8, 4) is 0 Å². The number of aromatic nitrogens is 3. The molecular weight excluding hydrogens is 294 g/mol. The third-order valence-electron chi connectivity index (χ3n) is 3.27. The molecule has 9 heteroatoms. The van der Waals surface area contributed by atoms with Crippen molar-refractivity contribution in [2.45, 2.75) is 11.0 Å². The summed E-state index contributed by atoms with van der Waals surface area (Å²) in [5, 5.41) is 11.4. The van der Waals surface area contributed by atoms with Crippen LogP contribution in [0.25, 0.3) is 11.0 Å². The second-order valence-corrected chi connectivity index (χ2v) is 6.60. The molecule has 1 aliphatic heterocycles. The highest BCUT2D eigenvalue weighted by atomic mass is 32.2. The van der Waals surface area contributed by atoms with Gasteiger partial charge in [-0.15, -0.1) is 0 Å². The predicted octanol–water partition coefficient (Wildman–Crippen LogP) is -0.765. The molecular formula is C12H17N5O3S. The predicted molar refractivity (Wildman–Crippen MR) is 76.3 cm³/mol. The van der Waals surface area contributed by atoms with Crippen LogP contribution in [-0.4, -0.2) is 55.8 Å². The van der Waals surface area contributed by atoms with Crippen molar-refractivity contribution in [2.24, 2.45) is 7.05 Å². The van der Waals surface area contributed by atoms with Crippen molar-refractivity contribution in [3.05, 3.63) is 18.2 Å². The fourth-order valence-corrected chi connectivity index (χ4v) is 3.48. The molecule has 1 aromatic carbocycles. The third kappa shape index (κ3) is 3.05. The minimum atomic E-state index is -3.65. The monoisotopic (exact) mass is 311 g/mol. The highest BCUT2D eigenvalue weighted by Gasteiger charge is 2.22. The van der Waals surface area contributed by atoms with Crippen molar-refractivity contribution >= 4 is 21.1 Å². The molecule has 1 atom stereocenters. The maximum atomic E-state index is 12.4. The number of rotatable bonds is 4. The molecule has 0 aliphatic carbocycles. The van der Waals surface area contributed by atoms with Gasteiger partial charge in [-0.25, -0.2) is 13.1 Å². The van der Waals surface area contributed by atoms with Gasteiger partial charge < -0.3 is 10.1 Å². The molecule has 0 bridgehead atoms. The molecule has 0 spiro atoms. The van der Waals surface area contributed by atoms with E-state index < -0.39 is 10.0 Å². The third-order valence-corrected chi connectivity index (χ3v) is 4.72. The summed E-state index contributed by atoms with van der Waals surface area (Å²) in [7, 11) is -1.99. The topological polar surface area (TPSA) is 98.1 Å². The quantitative estimate of drug-likeness (QED) is 0.770. The van der Waals surface area contributed by atoms with Crippen molar-refractivity contribution in [3.63, 3.8) is 0 Å². The lowest BCUT2D eigenvalue weighted by Crippen LogP contribution is -2.45. The number of morpholine rings is 1. The molecule has 1 aromatic heterocycles. The first-order valence-electron chi connectivity index (χ1n) is 6.68. The molecule has 21 heavy (non-hydrogen) atoms. The number of hydrogen-bond donors (Lipinski definition) is 2. The number of nitrogens with zero attached hydrogens (tertiary/aromatic N) is 3. The molecule has 2 aromatic rings. The van der Waals surface area contributed by atoms with E-state index in [-0.39, 0.29) is 17.5 Å². The van der Waals surface area contributed by atoms with E-state index in [2.05, 4.69) is 20.2 Å². The van der Waals surface area contributed by atoms with Gasteiger partial charge in [0.15, 0.2) is 0 Å². The van der Waals surface area contributed by atoms with E-state index in [1.54, 1.807) is 19.2 Å². The van der Waals surface area contributed by atoms with Crippen LogP contribution in [0.5, 0.6) is 0 Å². The average Bonchev–Trinajstić information content (AvgIpc) is 2.86. The lowest BCUT2D eigenvalue weighted by molar-refractivity contribution is 0.0324. The molecule has 8 nitrogen and oxygen atoms in total. The number of aryl methyl sites for hydroxylation is 1. The summed E-state index contributed by atoms with van der Waals surface area (Å²) >= 11 is 0. The molecule has 2 N–H and O–H groups in total. The molecule has 0 radical (unpaired) electrons. The van der Waals surface area contributed by atoms with E-state index in [4.69, 9.17) is 4.74 Å². The van der Waals surface area contributed by atoms with Crippen molar-refractivity contribution in [1.29, 1.82) is 0 Å². The van der Waals surface area contributed by atoms with E-state index in [1.165, 1.54) is 10.9 Å². The first kappa shape index (κ1) is 14.4. The van der Waals surface area contributed by atoms with E-state index >= 15 is 0 Å². The average molecular weight is 311 g/mol. The number of ether oxygens (including phenoxy) is 1. The Balaban J connectivity index is 1.82. The smallest absolute Gasteiger partial charge is 0.242 e. The standard InChI is InChI=1S/C12H17N5O3S/c1-17-15-10-3-2-4-11(12(10)16-17)21(18,19)14-8-9-7-13-5-6-20-9/h2-4,9,13-14H,5-8H2,1H3/t9-/m0/s1. The summed E-state index contributed by atoms with van der Waals surface area (Å²) in [5.74, 6) is 0. The van der Waals surface area contributed by atoms with E-state index in [1.807, 2.05) is 0 Å². The Morgan fingerprint density at radius 3 is 3.10 bits per heavy atom. The Kier molecular flexibility index (Phi) is 3.89. The molecule has 114 valence electrons. The summed E-state index contributed by atoms with van der Waals surface area (Å²) in [6.45, 7) is 2.25. The zero-order chi connectivity index (χ0) is 14.9. The maximum Gasteiger partial charge on any atom is 0.242 e. The second kappa shape index (κ2) is 5.68. The summed E-state index contributed by atoms with van der Waals surface area (Å²) in [6, 6.07) is 4.92. The van der Waals surface area contributed by atoms with Gasteiger partial charge in [-0.3, -0.25) is 0 Å². The van der Waals surface area contributed by atoms with Crippen LogP contribution in [0.3, 0.4) is 0 Å². The van der Waals surface area contributed by atoms with Gasteiger partial charge in [0.25, 0.3) is 0 Å². The van der Waals surface area contributed by atoms with Crippen LogP contribution in [0.4, 0.5) is 0 Å². The fourth-order valence-electron chi connectivity index (χ4n) is 2.26. The Bertz CT molecular complexity index is 736. The van der Waals surface area contributed by atoms with Crippen LogP contribution in [0.2, 0.25) is 0 Å². The Hall–Kier alpha value is -1.55. The first-order chi connectivity index (χ1) is 10.1. The summed E-state index contributed by atoms with van der Waals surface area (Å²) < 4.78 is 32.9. The lowest BCUT2D eigenvalue weighted by Gasteiger charge is -2.23. The van der Waals surface area contributed by atoms with Gasteiger partial charge in [0.2, 0.25) is 10.0 Å². The molecule has 0 saturated carbocycles. The number of sulfonamides is 1. The molecule has 2 heterocycles. The van der Waals surface area contributed by atoms with Crippen LogP contribution in [-0.2, 0) is 21.8 Å². The summed E-state index contributed by atoms with van der Waals surface area (Å²) in [4.78, 5) is 1.49. The Morgan fingerprint density at radius 2 is 2.33 bits per heavy atom. The van der Waals surface area contributed by atoms with Crippen LogP contribution in [0.1, 0.15) is 0 Å². The lowest BCUT2D eigenvalue weighted by atomic mass is 10.3.